The number of nitrogens with one attached hydrogen (secondary N) is 2. The molecule has 2 unspecified atom stereocenters. The number of carbonyl (C=O) groups is 1. The minimum Gasteiger partial charge on any atom is -0.497 e. The van der Waals surface area contributed by atoms with Crippen LogP contribution >= 0.6 is 0 Å². The molecule has 0 bridgehead atoms. The van der Waals surface area contributed by atoms with Crippen molar-refractivity contribution in [2.75, 3.05) is 32.7 Å². The minimum absolute atomic E-state index is 0.0511. The maximum Gasteiger partial charge on any atom is 0.217 e. The fourth-order valence-corrected chi connectivity index (χ4v) is 3.76. The van der Waals surface area contributed by atoms with Gasteiger partial charge in [-0.05, 0) is 50.3 Å². The van der Waals surface area contributed by atoms with E-state index in [1.165, 1.54) is 0 Å². The van der Waals surface area contributed by atoms with Gasteiger partial charge in [-0.25, -0.2) is 0 Å². The molecule has 0 spiro atoms. The van der Waals surface area contributed by atoms with Crippen LogP contribution in [-0.4, -0.2) is 45.5 Å². The molecule has 3 rings (SSSR count). The second-order valence-corrected chi connectivity index (χ2v) is 7.95. The van der Waals surface area contributed by atoms with Crippen molar-refractivity contribution in [2.24, 2.45) is 10.9 Å². The van der Waals surface area contributed by atoms with E-state index in [9.17, 15) is 4.79 Å². The van der Waals surface area contributed by atoms with Crippen LogP contribution in [0.2, 0.25) is 0 Å². The SMILES string of the molecule is C=C/C=C\C1=C(C)OCCO1.CNc1cc(OC)ccc1N=CC1CCCC(NC(C)=O)C1. The highest BCUT2D eigenvalue weighted by molar-refractivity contribution is 5.75. The molecule has 1 heterocycles. The lowest BCUT2D eigenvalue weighted by molar-refractivity contribution is -0.119. The van der Waals surface area contributed by atoms with Gasteiger partial charge in [-0.2, -0.15) is 0 Å². The van der Waals surface area contributed by atoms with Crippen LogP contribution in [0.3, 0.4) is 0 Å². The van der Waals surface area contributed by atoms with Crippen molar-refractivity contribution < 1.29 is 19.0 Å². The Morgan fingerprint density at radius 3 is 2.73 bits per heavy atom. The lowest BCUT2D eigenvalue weighted by Gasteiger charge is -2.27. The molecule has 1 aliphatic carbocycles. The maximum atomic E-state index is 11.2. The number of nitrogens with zero attached hydrogens (tertiary/aromatic N) is 1. The number of hydrogen-bond donors (Lipinski definition) is 2. The first kappa shape index (κ1) is 26.0. The first-order valence-electron chi connectivity index (χ1n) is 11.4. The zero-order valence-electron chi connectivity index (χ0n) is 20.2. The van der Waals surface area contributed by atoms with Crippen molar-refractivity contribution in [3.8, 4) is 5.75 Å². The molecule has 1 fully saturated rings. The van der Waals surface area contributed by atoms with Gasteiger partial charge >= 0.3 is 0 Å². The highest BCUT2D eigenvalue weighted by Crippen LogP contribution is 2.30. The Balaban J connectivity index is 0.000000294. The summed E-state index contributed by atoms with van der Waals surface area (Å²) in [6.07, 6.45) is 11.7. The van der Waals surface area contributed by atoms with E-state index >= 15 is 0 Å². The number of aliphatic imine (C=N–C) groups is 1. The van der Waals surface area contributed by atoms with Crippen LogP contribution in [0.4, 0.5) is 11.4 Å². The van der Waals surface area contributed by atoms with Crippen LogP contribution in [0.25, 0.3) is 0 Å². The fourth-order valence-electron chi connectivity index (χ4n) is 3.76. The highest BCUT2D eigenvalue weighted by atomic mass is 16.6. The highest BCUT2D eigenvalue weighted by Gasteiger charge is 2.21. The molecule has 1 aromatic rings. The molecule has 1 saturated carbocycles. The van der Waals surface area contributed by atoms with E-state index in [4.69, 9.17) is 14.2 Å². The third-order valence-corrected chi connectivity index (χ3v) is 5.41. The Morgan fingerprint density at radius 2 is 2.06 bits per heavy atom. The van der Waals surface area contributed by atoms with Gasteiger partial charge in [-0.1, -0.05) is 25.2 Å². The molecule has 7 heteroatoms. The molecule has 1 amide bonds. The number of hydrogen-bond acceptors (Lipinski definition) is 6. The van der Waals surface area contributed by atoms with Gasteiger partial charge in [0, 0.05) is 32.3 Å². The monoisotopic (exact) mass is 455 g/mol. The summed E-state index contributed by atoms with van der Waals surface area (Å²) in [5.41, 5.74) is 1.86. The summed E-state index contributed by atoms with van der Waals surface area (Å²) in [4.78, 5) is 15.8. The van der Waals surface area contributed by atoms with Gasteiger partial charge in [-0.3, -0.25) is 9.79 Å². The van der Waals surface area contributed by atoms with Crippen molar-refractivity contribution in [3.63, 3.8) is 0 Å². The molecule has 1 aromatic carbocycles. The van der Waals surface area contributed by atoms with Gasteiger partial charge in [0.2, 0.25) is 5.91 Å². The van der Waals surface area contributed by atoms with Crippen LogP contribution < -0.4 is 15.4 Å². The summed E-state index contributed by atoms with van der Waals surface area (Å²) < 4.78 is 15.8. The number of carbonyl (C=O) groups excluding carboxylic acids is 1. The lowest BCUT2D eigenvalue weighted by atomic mass is 9.86. The standard InChI is InChI=1S/C17H25N3O2.C9H12O2/c1-12(21)20-14-6-4-5-13(9-14)11-19-16-8-7-15(22-3)10-17(16)18-2;1-3-4-5-9-8(2)10-6-7-11-9/h7-8,10-11,13-14,18H,4-6,9H2,1-3H3,(H,20,21);3-5H,1,6-7H2,2H3/b;5-4-. The van der Waals surface area contributed by atoms with E-state index in [1.807, 2.05) is 50.5 Å². The van der Waals surface area contributed by atoms with Crippen LogP contribution in [-0.2, 0) is 14.3 Å². The van der Waals surface area contributed by atoms with Crippen molar-refractivity contribution in [1.29, 1.82) is 0 Å². The second kappa shape index (κ2) is 14.0. The maximum absolute atomic E-state index is 11.2. The lowest BCUT2D eigenvalue weighted by Crippen LogP contribution is -2.37. The Kier molecular flexibility index (Phi) is 11.1. The summed E-state index contributed by atoms with van der Waals surface area (Å²) >= 11 is 0. The van der Waals surface area contributed by atoms with Gasteiger partial charge in [0.25, 0.3) is 0 Å². The largest absolute Gasteiger partial charge is 0.497 e. The van der Waals surface area contributed by atoms with E-state index in [0.717, 1.165) is 54.3 Å². The second-order valence-electron chi connectivity index (χ2n) is 7.95. The van der Waals surface area contributed by atoms with Crippen molar-refractivity contribution >= 4 is 23.5 Å². The van der Waals surface area contributed by atoms with Crippen LogP contribution in [0.15, 0.2) is 59.5 Å². The molecule has 2 aliphatic rings. The van der Waals surface area contributed by atoms with Crippen molar-refractivity contribution in [2.45, 2.75) is 45.6 Å². The first-order chi connectivity index (χ1) is 16.0. The third-order valence-electron chi connectivity index (χ3n) is 5.41. The predicted molar refractivity (Wildman–Crippen MR) is 134 cm³/mol. The quantitative estimate of drug-likeness (QED) is 0.439. The summed E-state index contributed by atoms with van der Waals surface area (Å²) in [5.74, 6) is 2.92. The van der Waals surface area contributed by atoms with Crippen molar-refractivity contribution in [1.82, 2.24) is 5.32 Å². The first-order valence-corrected chi connectivity index (χ1v) is 11.4. The molecule has 0 aromatic heterocycles. The molecule has 2 N–H and O–H groups in total. The van der Waals surface area contributed by atoms with Crippen LogP contribution in [0, 0.1) is 5.92 Å². The number of allylic oxidation sites excluding steroid dienone is 4. The van der Waals surface area contributed by atoms with E-state index < -0.39 is 0 Å². The molecular formula is C26H37N3O4. The van der Waals surface area contributed by atoms with Crippen LogP contribution in [0.1, 0.15) is 39.5 Å². The number of anilines is 1. The zero-order chi connectivity index (χ0) is 24.1. The molecule has 0 radical (unpaired) electrons. The number of benzene rings is 1. The fraction of sp³-hybridized carbons (Fsp3) is 0.462. The smallest absolute Gasteiger partial charge is 0.217 e. The van der Waals surface area contributed by atoms with E-state index in [-0.39, 0.29) is 11.9 Å². The van der Waals surface area contributed by atoms with Gasteiger partial charge in [-0.15, -0.1) is 0 Å². The Morgan fingerprint density at radius 1 is 1.27 bits per heavy atom. The average molecular weight is 456 g/mol. The molecule has 2 atom stereocenters. The third kappa shape index (κ3) is 9.04. The Bertz CT molecular complexity index is 876. The van der Waals surface area contributed by atoms with E-state index in [1.54, 1.807) is 20.1 Å². The topological polar surface area (TPSA) is 81.2 Å². The molecule has 1 aliphatic heterocycles. The molecule has 180 valence electrons. The molecule has 0 saturated heterocycles. The average Bonchev–Trinajstić information content (AvgIpc) is 2.82. The number of amides is 1. The summed E-state index contributed by atoms with van der Waals surface area (Å²) in [7, 11) is 3.53. The van der Waals surface area contributed by atoms with E-state index in [2.05, 4.69) is 22.2 Å². The van der Waals surface area contributed by atoms with Crippen LogP contribution in [0.5, 0.6) is 5.75 Å². The zero-order valence-corrected chi connectivity index (χ0v) is 20.2. The Labute approximate surface area is 197 Å². The van der Waals surface area contributed by atoms with Gasteiger partial charge in [0.15, 0.2) is 5.76 Å². The molecular weight excluding hydrogens is 418 g/mol. The molecule has 33 heavy (non-hydrogen) atoms. The predicted octanol–water partition coefficient (Wildman–Crippen LogP) is 5.14. The van der Waals surface area contributed by atoms with Gasteiger partial charge in [0.1, 0.15) is 24.7 Å². The van der Waals surface area contributed by atoms with E-state index in [0.29, 0.717) is 19.1 Å². The minimum atomic E-state index is 0.0511. The normalized spacial score (nSPS) is 20.4. The van der Waals surface area contributed by atoms with Crippen molar-refractivity contribution in [3.05, 3.63) is 54.5 Å². The number of rotatable bonds is 7. The summed E-state index contributed by atoms with van der Waals surface area (Å²) in [5, 5.41) is 6.16. The van der Waals surface area contributed by atoms with Gasteiger partial charge < -0.3 is 24.8 Å². The summed E-state index contributed by atoms with van der Waals surface area (Å²) in [6.45, 7) is 8.32. The molecule has 7 nitrogen and oxygen atoms in total. The Hall–Kier alpha value is -3.22. The number of ether oxygens (including phenoxy) is 3. The van der Waals surface area contributed by atoms with Gasteiger partial charge in [0.05, 0.1) is 18.5 Å². The summed E-state index contributed by atoms with van der Waals surface area (Å²) in [6, 6.07) is 6.08. The number of methoxy groups -OCH3 is 1.